The molecule has 0 aromatic heterocycles. The van der Waals surface area contributed by atoms with Gasteiger partial charge in [-0.05, 0) is 48.7 Å². The molecule has 0 spiro atoms. The summed E-state index contributed by atoms with van der Waals surface area (Å²) in [7, 11) is 1.85. The van der Waals surface area contributed by atoms with Gasteiger partial charge in [-0.1, -0.05) is 60.7 Å². The standard InChI is InChI=1S/C27H26N2O3/c1-4-32-22-16-14-21(15-17-22)24-25(28(3)18-20-11-6-5-7-12-20)27(31)29(26(24)30)23-13-9-8-10-19(23)2/h5-17H,4,18H2,1-3H3. The highest BCUT2D eigenvalue weighted by atomic mass is 16.5. The predicted molar refractivity (Wildman–Crippen MR) is 126 cm³/mol. The van der Waals surface area contributed by atoms with Crippen LogP contribution in [0.4, 0.5) is 5.69 Å². The van der Waals surface area contributed by atoms with Gasteiger partial charge in [0.2, 0.25) is 0 Å². The Morgan fingerprint density at radius 3 is 2.16 bits per heavy atom. The lowest BCUT2D eigenvalue weighted by atomic mass is 10.0. The molecular formula is C27H26N2O3. The van der Waals surface area contributed by atoms with E-state index in [1.807, 2.05) is 98.6 Å². The number of nitrogens with zero attached hydrogens (tertiary/aromatic N) is 2. The van der Waals surface area contributed by atoms with E-state index in [1.165, 1.54) is 4.90 Å². The van der Waals surface area contributed by atoms with Gasteiger partial charge >= 0.3 is 0 Å². The third kappa shape index (κ3) is 4.02. The molecule has 0 atom stereocenters. The van der Waals surface area contributed by atoms with Crippen LogP contribution in [0.5, 0.6) is 5.75 Å². The van der Waals surface area contributed by atoms with Crippen LogP contribution in [0.2, 0.25) is 0 Å². The summed E-state index contributed by atoms with van der Waals surface area (Å²) in [6, 6.07) is 24.7. The topological polar surface area (TPSA) is 49.9 Å². The van der Waals surface area contributed by atoms with Crippen LogP contribution >= 0.6 is 0 Å². The average molecular weight is 427 g/mol. The summed E-state index contributed by atoms with van der Waals surface area (Å²) >= 11 is 0. The predicted octanol–water partition coefficient (Wildman–Crippen LogP) is 4.81. The molecule has 5 nitrogen and oxygen atoms in total. The maximum atomic E-state index is 13.6. The Bertz CT molecular complexity index is 1170. The van der Waals surface area contributed by atoms with Gasteiger partial charge in [0.05, 0.1) is 17.9 Å². The smallest absolute Gasteiger partial charge is 0.282 e. The molecule has 162 valence electrons. The zero-order valence-electron chi connectivity index (χ0n) is 18.5. The van der Waals surface area contributed by atoms with Gasteiger partial charge in [-0.25, -0.2) is 4.90 Å². The third-order valence-electron chi connectivity index (χ3n) is 5.51. The largest absolute Gasteiger partial charge is 0.494 e. The Morgan fingerprint density at radius 2 is 1.50 bits per heavy atom. The van der Waals surface area contributed by atoms with E-state index in [9.17, 15) is 9.59 Å². The van der Waals surface area contributed by atoms with E-state index < -0.39 is 0 Å². The third-order valence-corrected chi connectivity index (χ3v) is 5.51. The molecule has 1 heterocycles. The second kappa shape index (κ2) is 9.10. The minimum absolute atomic E-state index is 0.313. The Morgan fingerprint density at radius 1 is 0.844 bits per heavy atom. The number of rotatable bonds is 7. The highest BCUT2D eigenvalue weighted by Crippen LogP contribution is 2.36. The van der Waals surface area contributed by atoms with Gasteiger partial charge in [0.1, 0.15) is 11.4 Å². The van der Waals surface area contributed by atoms with Gasteiger partial charge in [0.25, 0.3) is 11.8 Å². The van der Waals surface area contributed by atoms with Crippen molar-refractivity contribution in [2.75, 3.05) is 18.6 Å². The van der Waals surface area contributed by atoms with Crippen molar-refractivity contribution < 1.29 is 14.3 Å². The maximum absolute atomic E-state index is 13.6. The zero-order chi connectivity index (χ0) is 22.7. The lowest BCUT2D eigenvalue weighted by Gasteiger charge is -2.22. The van der Waals surface area contributed by atoms with Crippen LogP contribution < -0.4 is 9.64 Å². The first-order valence-electron chi connectivity index (χ1n) is 10.7. The molecule has 32 heavy (non-hydrogen) atoms. The minimum atomic E-state index is -0.316. The fourth-order valence-corrected chi connectivity index (χ4v) is 3.99. The van der Waals surface area contributed by atoms with Crippen LogP contribution in [0.25, 0.3) is 5.57 Å². The van der Waals surface area contributed by atoms with Gasteiger partial charge in [-0.3, -0.25) is 9.59 Å². The molecule has 0 N–H and O–H groups in total. The number of aryl methyl sites for hydroxylation is 1. The average Bonchev–Trinajstić information content (AvgIpc) is 3.06. The molecule has 0 unspecified atom stereocenters. The summed E-state index contributed by atoms with van der Waals surface area (Å²) in [4.78, 5) is 30.4. The maximum Gasteiger partial charge on any atom is 0.282 e. The van der Waals surface area contributed by atoms with Crippen LogP contribution in [-0.2, 0) is 16.1 Å². The molecule has 5 heteroatoms. The number of likely N-dealkylation sites (N-methyl/N-ethyl adjacent to an activating group) is 1. The van der Waals surface area contributed by atoms with Gasteiger partial charge in [-0.15, -0.1) is 0 Å². The lowest BCUT2D eigenvalue weighted by molar-refractivity contribution is -0.120. The van der Waals surface area contributed by atoms with Crippen molar-refractivity contribution in [2.24, 2.45) is 0 Å². The Hall–Kier alpha value is -3.86. The Kier molecular flexibility index (Phi) is 6.08. The number of amides is 2. The fraction of sp³-hybridized carbons (Fsp3) is 0.185. The van der Waals surface area contributed by atoms with Gasteiger partial charge in [0.15, 0.2) is 0 Å². The molecule has 0 saturated heterocycles. The van der Waals surface area contributed by atoms with Crippen molar-refractivity contribution in [1.82, 2.24) is 4.90 Å². The molecule has 0 aliphatic carbocycles. The fourth-order valence-electron chi connectivity index (χ4n) is 3.99. The van der Waals surface area contributed by atoms with E-state index in [0.717, 1.165) is 16.9 Å². The van der Waals surface area contributed by atoms with Crippen molar-refractivity contribution in [3.8, 4) is 5.75 Å². The molecule has 1 aliphatic heterocycles. The summed E-state index contributed by atoms with van der Waals surface area (Å²) in [6.07, 6.45) is 0. The summed E-state index contributed by atoms with van der Waals surface area (Å²) in [5.74, 6) is 0.0959. The molecule has 4 rings (SSSR count). The zero-order valence-corrected chi connectivity index (χ0v) is 18.5. The van der Waals surface area contributed by atoms with Crippen molar-refractivity contribution in [3.05, 3.63) is 101 Å². The number of imide groups is 1. The molecule has 1 aliphatic rings. The second-order valence-corrected chi connectivity index (χ2v) is 7.75. The number of hydrogen-bond donors (Lipinski definition) is 0. The first-order valence-corrected chi connectivity index (χ1v) is 10.7. The summed E-state index contributed by atoms with van der Waals surface area (Å²) < 4.78 is 5.54. The SMILES string of the molecule is CCOc1ccc(C2=C(N(C)Cc3ccccc3)C(=O)N(c3ccccc3C)C2=O)cc1. The number of benzene rings is 3. The van der Waals surface area contributed by atoms with Gasteiger partial charge in [-0.2, -0.15) is 0 Å². The van der Waals surface area contributed by atoms with Crippen LogP contribution in [0.15, 0.2) is 84.6 Å². The monoisotopic (exact) mass is 426 g/mol. The number of carbonyl (C=O) groups is 2. The molecule has 3 aromatic carbocycles. The van der Waals surface area contributed by atoms with Gasteiger partial charge < -0.3 is 9.64 Å². The van der Waals surface area contributed by atoms with E-state index in [0.29, 0.717) is 35.7 Å². The highest BCUT2D eigenvalue weighted by molar-refractivity contribution is 6.45. The van der Waals surface area contributed by atoms with Crippen molar-refractivity contribution in [3.63, 3.8) is 0 Å². The van der Waals surface area contributed by atoms with Crippen LogP contribution in [0, 0.1) is 6.92 Å². The molecule has 3 aromatic rings. The molecule has 0 radical (unpaired) electrons. The lowest BCUT2D eigenvalue weighted by Crippen LogP contribution is -2.34. The van der Waals surface area contributed by atoms with E-state index in [4.69, 9.17) is 4.74 Å². The van der Waals surface area contributed by atoms with Crippen molar-refractivity contribution >= 4 is 23.1 Å². The Balaban J connectivity index is 1.79. The number of hydrogen-bond acceptors (Lipinski definition) is 4. The Labute approximate surface area is 188 Å². The quantitative estimate of drug-likeness (QED) is 0.509. The van der Waals surface area contributed by atoms with Crippen molar-refractivity contribution in [1.29, 1.82) is 0 Å². The molecule has 2 amide bonds. The van der Waals surface area contributed by atoms with Crippen LogP contribution in [-0.4, -0.2) is 30.4 Å². The molecule has 0 saturated carbocycles. The highest BCUT2D eigenvalue weighted by Gasteiger charge is 2.42. The molecular weight excluding hydrogens is 400 g/mol. The van der Waals surface area contributed by atoms with E-state index >= 15 is 0 Å². The first-order chi connectivity index (χ1) is 15.5. The summed E-state index contributed by atoms with van der Waals surface area (Å²) in [6.45, 7) is 4.90. The summed E-state index contributed by atoms with van der Waals surface area (Å²) in [5, 5.41) is 0. The van der Waals surface area contributed by atoms with E-state index in [2.05, 4.69) is 0 Å². The molecule has 0 bridgehead atoms. The second-order valence-electron chi connectivity index (χ2n) is 7.75. The number of anilines is 1. The van der Waals surface area contributed by atoms with E-state index in [-0.39, 0.29) is 11.8 Å². The summed E-state index contributed by atoms with van der Waals surface area (Å²) in [5.41, 5.74) is 4.02. The first kappa shape index (κ1) is 21.4. The van der Waals surface area contributed by atoms with Crippen molar-refractivity contribution in [2.45, 2.75) is 20.4 Å². The van der Waals surface area contributed by atoms with Crippen LogP contribution in [0.1, 0.15) is 23.6 Å². The number of para-hydroxylation sites is 1. The van der Waals surface area contributed by atoms with Crippen LogP contribution in [0.3, 0.4) is 0 Å². The van der Waals surface area contributed by atoms with Gasteiger partial charge in [0, 0.05) is 13.6 Å². The molecule has 0 fully saturated rings. The van der Waals surface area contributed by atoms with E-state index in [1.54, 1.807) is 6.07 Å². The number of ether oxygens (including phenoxy) is 1. The minimum Gasteiger partial charge on any atom is -0.494 e. The normalized spacial score (nSPS) is 13.7. The number of carbonyl (C=O) groups excluding carboxylic acids is 2.